The maximum Gasteiger partial charge on any atom is 0.309 e. The molecule has 6 aromatic carbocycles. The molecule has 12 aliphatic heterocycles. The van der Waals surface area contributed by atoms with Crippen LogP contribution in [0.15, 0.2) is 146 Å². The van der Waals surface area contributed by atoms with Gasteiger partial charge >= 0.3 is 5.97 Å². The molecule has 0 bridgehead atoms. The van der Waals surface area contributed by atoms with Crippen LogP contribution in [0.25, 0.3) is 0 Å². The SMILES string of the molecule is C(CCCOCC1CO1)CCOCC1CO1.C1CC(OCC2CO2)CCC1OCC1CO1.CC(C)(COCC1CO1)COCC1CO1.CC(C)(c1ccc(OCC(O)COc2ccc(C(C)(C)c3ccc(OCC4CO4)cc3)cc2)cc1)c1ccc(OCC2CO2)cc1.CC(C)(c1ccc(OCC2CO2)cc1)c1ccc(OCC2CO2)cc1.O=C(OCC1CCC2OC2C1)C1CCC2OC2C1. The van der Waals surface area contributed by atoms with Crippen LogP contribution >= 0.6 is 0 Å². The number of aliphatic hydroxyl groups is 1. The Morgan fingerprint density at radius 2 is 0.581 bits per heavy atom. The van der Waals surface area contributed by atoms with Crippen molar-refractivity contribution in [3.63, 3.8) is 0 Å². The van der Waals surface area contributed by atoms with Crippen LogP contribution in [0.4, 0.5) is 0 Å². The lowest BCUT2D eigenvalue weighted by Gasteiger charge is -2.28. The molecule has 15 fully saturated rings. The average molecular weight is 1890 g/mol. The van der Waals surface area contributed by atoms with Crippen molar-refractivity contribution in [3.05, 3.63) is 179 Å². The first-order valence-electron chi connectivity index (χ1n) is 50.3. The quantitative estimate of drug-likeness (QED) is 0.0211. The van der Waals surface area contributed by atoms with Gasteiger partial charge in [0, 0.05) is 34.9 Å². The molecule has 15 aliphatic rings. The predicted molar refractivity (Wildman–Crippen MR) is 508 cm³/mol. The van der Waals surface area contributed by atoms with Gasteiger partial charge < -0.3 is 124 Å². The van der Waals surface area contributed by atoms with Crippen molar-refractivity contribution < 1.29 is 128 Å². The Bertz CT molecular complexity index is 4200. The van der Waals surface area contributed by atoms with Crippen LogP contribution < -0.4 is 28.4 Å². The van der Waals surface area contributed by atoms with Gasteiger partial charge in [-0.15, -0.1) is 0 Å². The van der Waals surface area contributed by atoms with Crippen LogP contribution in [0.5, 0.6) is 34.5 Å². The highest BCUT2D eigenvalue weighted by Crippen LogP contribution is 2.44. The van der Waals surface area contributed by atoms with Crippen molar-refractivity contribution >= 4 is 5.97 Å². The summed E-state index contributed by atoms with van der Waals surface area (Å²) in [6.07, 6.45) is 20.7. The Morgan fingerprint density at radius 1 is 0.309 bits per heavy atom. The highest BCUT2D eigenvalue weighted by atomic mass is 16.7. The molecular weight excluding hydrogens is 1740 g/mol. The molecule has 748 valence electrons. The summed E-state index contributed by atoms with van der Waals surface area (Å²) in [5, 5.41) is 10.5. The Morgan fingerprint density at radius 3 is 0.875 bits per heavy atom. The zero-order chi connectivity index (χ0) is 94.1. The van der Waals surface area contributed by atoms with Crippen LogP contribution in [0.3, 0.4) is 0 Å². The van der Waals surface area contributed by atoms with E-state index < -0.39 is 6.10 Å². The number of esters is 1. The van der Waals surface area contributed by atoms with Gasteiger partial charge in [-0.25, -0.2) is 0 Å². The van der Waals surface area contributed by atoms with Gasteiger partial charge in [-0.05, 0) is 189 Å². The largest absolute Gasteiger partial charge is 0.491 e. The van der Waals surface area contributed by atoms with Gasteiger partial charge in [0.2, 0.25) is 0 Å². The summed E-state index contributed by atoms with van der Waals surface area (Å²) in [6.45, 7) is 37.1. The number of carbonyl (C=O) groups excluding carboxylic acids is 1. The topological polar surface area (TPSA) is 308 Å². The maximum atomic E-state index is 12.0. The second-order valence-corrected chi connectivity index (χ2v) is 41.2. The minimum absolute atomic E-state index is 0.00258. The number of rotatable bonds is 52. The molecule has 0 spiro atoms. The normalized spacial score (nSPS) is 27.9. The first-order chi connectivity index (χ1) is 66.1. The monoisotopic (exact) mass is 1890 g/mol. The molecule has 3 aliphatic carbocycles. The fourth-order valence-electron chi connectivity index (χ4n) is 16.7. The molecule has 16 atom stereocenters. The Hall–Kier alpha value is -7.17. The summed E-state index contributed by atoms with van der Waals surface area (Å²) in [4.78, 5) is 12.0. The van der Waals surface area contributed by atoms with Gasteiger partial charge in [0.25, 0.3) is 0 Å². The Labute approximate surface area is 804 Å². The number of unbranched alkanes of at least 4 members (excludes halogenated alkanes) is 3. The molecule has 0 amide bonds. The lowest BCUT2D eigenvalue weighted by Crippen LogP contribution is -2.28. The van der Waals surface area contributed by atoms with E-state index in [1.54, 1.807) is 0 Å². The van der Waals surface area contributed by atoms with Crippen LogP contribution in [0.2, 0.25) is 0 Å². The Kier molecular flexibility index (Phi) is 37.4. The highest BCUT2D eigenvalue weighted by Gasteiger charge is 2.48. The van der Waals surface area contributed by atoms with Crippen molar-refractivity contribution in [3.8, 4) is 34.5 Å². The van der Waals surface area contributed by atoms with Crippen LogP contribution in [0.1, 0.15) is 179 Å². The van der Waals surface area contributed by atoms with Crippen molar-refractivity contribution in [1.82, 2.24) is 0 Å². The summed E-state index contributed by atoms with van der Waals surface area (Å²) in [5.74, 6) is 5.50. The molecule has 16 unspecified atom stereocenters. The van der Waals surface area contributed by atoms with Crippen molar-refractivity contribution in [2.45, 2.75) is 265 Å². The lowest BCUT2D eigenvalue weighted by molar-refractivity contribution is -0.151. The Balaban J connectivity index is 0.000000126. The van der Waals surface area contributed by atoms with E-state index in [1.165, 1.54) is 46.2 Å². The smallest absolute Gasteiger partial charge is 0.309 e. The van der Waals surface area contributed by atoms with Gasteiger partial charge in [0.05, 0.1) is 168 Å². The number of ether oxygens (including phenoxy) is 25. The van der Waals surface area contributed by atoms with E-state index >= 15 is 0 Å². The van der Waals surface area contributed by atoms with Crippen LogP contribution in [-0.2, 0) is 111 Å². The maximum absolute atomic E-state index is 12.0. The number of epoxide rings is 12. The zero-order valence-corrected chi connectivity index (χ0v) is 81.4. The molecule has 0 radical (unpaired) electrons. The number of carbonyl (C=O) groups is 1. The third-order valence-corrected chi connectivity index (χ3v) is 27.2. The second kappa shape index (κ2) is 50.0. The van der Waals surface area contributed by atoms with Crippen molar-refractivity contribution in [1.29, 1.82) is 0 Å². The zero-order valence-electron chi connectivity index (χ0n) is 81.4. The number of hydrogen-bond acceptors (Lipinski definition) is 27. The summed E-state index contributed by atoms with van der Waals surface area (Å²) < 4.78 is 136. The fraction of sp³-hybridized carbons (Fsp3) is 0.661. The molecule has 3 saturated carbocycles. The van der Waals surface area contributed by atoms with E-state index in [9.17, 15) is 9.90 Å². The van der Waals surface area contributed by atoms with E-state index in [4.69, 9.17) is 118 Å². The van der Waals surface area contributed by atoms with Gasteiger partial charge in [-0.1, -0.05) is 141 Å². The lowest BCUT2D eigenvalue weighted by atomic mass is 9.78. The number of benzene rings is 6. The van der Waals surface area contributed by atoms with E-state index in [0.717, 1.165) is 232 Å². The summed E-state index contributed by atoms with van der Waals surface area (Å²) in [7, 11) is 0. The average Bonchev–Trinajstić information content (AvgIpc) is 1.75. The first-order valence-corrected chi connectivity index (χ1v) is 50.3. The van der Waals surface area contributed by atoms with E-state index in [1.807, 2.05) is 72.8 Å². The molecule has 12 saturated heterocycles. The van der Waals surface area contributed by atoms with Gasteiger partial charge in [-0.2, -0.15) is 0 Å². The van der Waals surface area contributed by atoms with E-state index in [0.29, 0.717) is 124 Å². The summed E-state index contributed by atoms with van der Waals surface area (Å²) in [5.41, 5.74) is 6.82. The summed E-state index contributed by atoms with van der Waals surface area (Å²) in [6, 6.07) is 49.3. The molecule has 21 rings (SSSR count). The molecular formula is C109H150O27. The van der Waals surface area contributed by atoms with Crippen molar-refractivity contribution in [2.75, 3.05) is 178 Å². The second-order valence-electron chi connectivity index (χ2n) is 41.2. The number of aliphatic hydroxyl groups excluding tert-OH is 1. The van der Waals surface area contributed by atoms with Crippen LogP contribution in [0, 0.1) is 17.3 Å². The van der Waals surface area contributed by atoms with Crippen LogP contribution in [-0.4, -0.2) is 293 Å². The molecule has 12 heterocycles. The van der Waals surface area contributed by atoms with E-state index in [-0.39, 0.29) is 71.2 Å². The van der Waals surface area contributed by atoms with Gasteiger partial charge in [0.1, 0.15) is 141 Å². The molecule has 0 aromatic heterocycles. The predicted octanol–water partition coefficient (Wildman–Crippen LogP) is 15.3. The number of hydrogen-bond donors (Lipinski definition) is 1. The van der Waals surface area contributed by atoms with Gasteiger partial charge in [0.15, 0.2) is 0 Å². The molecule has 136 heavy (non-hydrogen) atoms. The minimum Gasteiger partial charge on any atom is -0.491 e. The van der Waals surface area contributed by atoms with Crippen molar-refractivity contribution in [2.24, 2.45) is 17.3 Å². The third kappa shape index (κ3) is 36.4. The minimum atomic E-state index is -0.772. The fourth-order valence-corrected chi connectivity index (χ4v) is 16.7. The third-order valence-electron chi connectivity index (χ3n) is 27.2. The first kappa shape index (κ1) is 102. The summed E-state index contributed by atoms with van der Waals surface area (Å²) >= 11 is 0. The van der Waals surface area contributed by atoms with E-state index in [2.05, 4.69) is 128 Å². The molecule has 27 nitrogen and oxygen atoms in total. The van der Waals surface area contributed by atoms with Gasteiger partial charge in [-0.3, -0.25) is 4.79 Å². The number of fused-ring (bicyclic) bond motifs is 2. The molecule has 6 aromatic rings. The molecule has 1 N–H and O–H groups in total. The molecule has 27 heteroatoms. The standard InChI is InChI=1S/C39H44O7.C21H24O4.C14H20O4.C12H20O4.C12H22O4.C11H20O4/c1-38(2,29-9-17-34(18-10-29)43-23-36-25-45-36)27-5-13-32(14-6-27)41-21-31(40)22-42-33-15-7-28(8-16-33)39(3,4)30-11-19-35(20-12-30)44-24-37-26-46-37;1-21(2,15-3-7-17(8-4-15)22-11-19-13-24-19)16-5-9-18(10-6-16)23-12-20-14-25-20;15-14(9-2-4-11-13(6-9)18-11)16-7-8-1-3-10-12(5-8)17-10;1-2-10(14-6-12-8-16-12)4-3-9(1)13-5-11-7-15-11;1(3-5-13-7-11-9-15-11)2-4-6-14-8-12-10-16-12;1-11(2,7-12-3-9-5-14-9)8-13-4-10-6-15-10/h5-20,31,36-37,40H,21-26H2,1-4H3;3-10,19-20H,11-14H2,1-2H3;8-13H,1-7H2;9-12H,1-8H2;11-12H,1-10H2;9-10H,3-8H2,1-2H3. The highest BCUT2D eigenvalue weighted by molar-refractivity contribution is 5.72.